The van der Waals surface area contributed by atoms with Crippen molar-refractivity contribution in [2.45, 2.75) is 38.8 Å². The lowest BCUT2D eigenvalue weighted by Gasteiger charge is -2.35. The number of allylic oxidation sites excluding steroid dienone is 1. The van der Waals surface area contributed by atoms with E-state index in [-0.39, 0.29) is 11.5 Å². The van der Waals surface area contributed by atoms with Gasteiger partial charge in [0.15, 0.2) is 0 Å². The number of nitrogens with one attached hydrogen (secondary N) is 2. The fourth-order valence-electron chi connectivity index (χ4n) is 3.85. The third-order valence-corrected chi connectivity index (χ3v) is 5.11. The summed E-state index contributed by atoms with van der Waals surface area (Å²) in [4.78, 5) is 33.8. The number of nitrogens with zero attached hydrogens (tertiary/aromatic N) is 3. The largest absolute Gasteiger partial charge is 0.384 e. The van der Waals surface area contributed by atoms with Crippen LogP contribution in [0, 0.1) is 6.92 Å². The number of nitrogen functional groups attached to an aromatic ring is 1. The third kappa shape index (κ3) is 2.29. The van der Waals surface area contributed by atoms with Gasteiger partial charge in [-0.05, 0) is 50.3 Å². The van der Waals surface area contributed by atoms with E-state index in [0.29, 0.717) is 29.4 Å². The maximum absolute atomic E-state index is 13.3. The monoisotopic (exact) mass is 352 g/mol. The molecule has 0 radical (unpaired) electrons. The highest BCUT2D eigenvalue weighted by Crippen LogP contribution is 2.38. The standard InChI is InChI=1S/C18H20N6O2/c1-10-7-12(22-14-8-13(19)20-9-21-14)17(26)24-15(10)16(25)23-18(24)6-4-3-5-11(18)2/h5,7-9H,3-4,6H2,1-2H3,(H,23,25)(H3,19,20,21,22). The van der Waals surface area contributed by atoms with Gasteiger partial charge in [0.2, 0.25) is 0 Å². The van der Waals surface area contributed by atoms with Gasteiger partial charge in [-0.2, -0.15) is 0 Å². The molecule has 3 heterocycles. The van der Waals surface area contributed by atoms with E-state index < -0.39 is 5.66 Å². The van der Waals surface area contributed by atoms with Crippen molar-refractivity contribution in [3.05, 3.63) is 51.7 Å². The fraction of sp³-hybridized carbons (Fsp3) is 0.333. The number of rotatable bonds is 2. The molecule has 1 spiro atoms. The summed E-state index contributed by atoms with van der Waals surface area (Å²) in [5, 5.41) is 6.06. The maximum Gasteiger partial charge on any atom is 0.277 e. The summed E-state index contributed by atoms with van der Waals surface area (Å²) in [6, 6.07) is 3.23. The number of anilines is 3. The van der Waals surface area contributed by atoms with Crippen molar-refractivity contribution >= 4 is 23.2 Å². The Bertz CT molecular complexity index is 1010. The van der Waals surface area contributed by atoms with Crippen molar-refractivity contribution in [2.24, 2.45) is 0 Å². The van der Waals surface area contributed by atoms with Crippen LogP contribution in [0.1, 0.15) is 42.2 Å². The Morgan fingerprint density at radius 3 is 2.81 bits per heavy atom. The summed E-state index contributed by atoms with van der Waals surface area (Å²) in [6.45, 7) is 3.78. The number of carbonyl (C=O) groups excluding carboxylic acids is 1. The zero-order valence-corrected chi connectivity index (χ0v) is 14.7. The van der Waals surface area contributed by atoms with E-state index in [1.165, 1.54) is 6.33 Å². The van der Waals surface area contributed by atoms with Crippen LogP contribution in [0.15, 0.2) is 34.9 Å². The second-order valence-electron chi connectivity index (χ2n) is 6.78. The Kier molecular flexibility index (Phi) is 3.57. The lowest BCUT2D eigenvalue weighted by molar-refractivity contribution is 0.0926. The Hall–Kier alpha value is -3.16. The third-order valence-electron chi connectivity index (χ3n) is 5.11. The van der Waals surface area contributed by atoms with Crippen LogP contribution in [0.5, 0.6) is 0 Å². The van der Waals surface area contributed by atoms with Crippen LogP contribution in [0.25, 0.3) is 0 Å². The number of hydrogen-bond acceptors (Lipinski definition) is 6. The van der Waals surface area contributed by atoms with Crippen molar-refractivity contribution < 1.29 is 4.79 Å². The van der Waals surface area contributed by atoms with Gasteiger partial charge < -0.3 is 16.4 Å². The molecule has 0 saturated heterocycles. The normalized spacial score (nSPS) is 21.3. The molecule has 1 aliphatic carbocycles. The molecular weight excluding hydrogens is 332 g/mol. The zero-order chi connectivity index (χ0) is 18.5. The van der Waals surface area contributed by atoms with E-state index in [2.05, 4.69) is 26.7 Å². The molecule has 8 heteroatoms. The second kappa shape index (κ2) is 5.69. The minimum Gasteiger partial charge on any atom is -0.384 e. The van der Waals surface area contributed by atoms with Gasteiger partial charge in [0, 0.05) is 6.07 Å². The number of aryl methyl sites for hydroxylation is 1. The van der Waals surface area contributed by atoms with Crippen LogP contribution in [-0.4, -0.2) is 20.4 Å². The van der Waals surface area contributed by atoms with Crippen molar-refractivity contribution in [1.29, 1.82) is 0 Å². The van der Waals surface area contributed by atoms with Crippen LogP contribution in [0.3, 0.4) is 0 Å². The van der Waals surface area contributed by atoms with Crippen LogP contribution in [-0.2, 0) is 5.66 Å². The molecule has 2 aliphatic rings. The first-order valence-electron chi connectivity index (χ1n) is 8.54. The van der Waals surface area contributed by atoms with E-state index in [1.807, 2.05) is 13.8 Å². The van der Waals surface area contributed by atoms with E-state index in [9.17, 15) is 9.59 Å². The summed E-state index contributed by atoms with van der Waals surface area (Å²) in [5.74, 6) is 0.517. The predicted octanol–water partition coefficient (Wildman–Crippen LogP) is 1.80. The molecule has 2 aromatic rings. The Morgan fingerprint density at radius 1 is 1.27 bits per heavy atom. The van der Waals surface area contributed by atoms with Crippen molar-refractivity contribution in [1.82, 2.24) is 19.9 Å². The molecule has 1 atom stereocenters. The first-order chi connectivity index (χ1) is 12.4. The summed E-state index contributed by atoms with van der Waals surface area (Å²) < 4.78 is 1.60. The molecule has 0 aromatic carbocycles. The first kappa shape index (κ1) is 16.3. The highest BCUT2D eigenvalue weighted by molar-refractivity contribution is 5.97. The van der Waals surface area contributed by atoms with Gasteiger partial charge in [0.25, 0.3) is 11.5 Å². The average molecular weight is 352 g/mol. The summed E-state index contributed by atoms with van der Waals surface area (Å²) in [5.41, 5.74) is 7.10. The number of hydrogen-bond donors (Lipinski definition) is 3. The number of carbonyl (C=O) groups is 1. The highest BCUT2D eigenvalue weighted by atomic mass is 16.2. The number of aromatic nitrogens is 3. The van der Waals surface area contributed by atoms with Crippen LogP contribution in [0.4, 0.5) is 17.3 Å². The summed E-state index contributed by atoms with van der Waals surface area (Å²) in [6.07, 6.45) is 5.96. The van der Waals surface area contributed by atoms with Crippen LogP contribution < -0.4 is 21.9 Å². The van der Waals surface area contributed by atoms with Gasteiger partial charge >= 0.3 is 0 Å². The van der Waals surface area contributed by atoms with Gasteiger partial charge in [-0.3, -0.25) is 14.2 Å². The lowest BCUT2D eigenvalue weighted by atomic mass is 9.88. The fourth-order valence-corrected chi connectivity index (χ4v) is 3.85. The predicted molar refractivity (Wildman–Crippen MR) is 98.2 cm³/mol. The minimum atomic E-state index is -0.783. The van der Waals surface area contributed by atoms with Crippen molar-refractivity contribution in [3.8, 4) is 0 Å². The highest BCUT2D eigenvalue weighted by Gasteiger charge is 2.46. The van der Waals surface area contributed by atoms with Crippen LogP contribution in [0.2, 0.25) is 0 Å². The van der Waals surface area contributed by atoms with Crippen molar-refractivity contribution in [2.75, 3.05) is 11.1 Å². The molecule has 26 heavy (non-hydrogen) atoms. The number of amides is 1. The minimum absolute atomic E-state index is 0.216. The molecule has 0 bridgehead atoms. The van der Waals surface area contributed by atoms with Crippen LogP contribution >= 0.6 is 0 Å². The molecule has 1 amide bonds. The molecule has 8 nitrogen and oxygen atoms in total. The van der Waals surface area contributed by atoms with E-state index in [4.69, 9.17) is 5.73 Å². The van der Waals surface area contributed by atoms with Gasteiger partial charge in [0.1, 0.15) is 35.0 Å². The van der Waals surface area contributed by atoms with E-state index in [0.717, 1.165) is 24.0 Å². The molecule has 0 fully saturated rings. The average Bonchev–Trinajstić information content (AvgIpc) is 2.89. The molecule has 1 aliphatic heterocycles. The Labute approximate surface area is 150 Å². The zero-order valence-electron chi connectivity index (χ0n) is 14.7. The summed E-state index contributed by atoms with van der Waals surface area (Å²) >= 11 is 0. The molecule has 134 valence electrons. The Morgan fingerprint density at radius 2 is 2.08 bits per heavy atom. The van der Waals surface area contributed by atoms with E-state index >= 15 is 0 Å². The van der Waals surface area contributed by atoms with Gasteiger partial charge in [-0.1, -0.05) is 6.08 Å². The molecule has 1 unspecified atom stereocenters. The van der Waals surface area contributed by atoms with E-state index in [1.54, 1.807) is 16.7 Å². The van der Waals surface area contributed by atoms with Gasteiger partial charge in [0.05, 0.1) is 0 Å². The maximum atomic E-state index is 13.3. The lowest BCUT2D eigenvalue weighted by Crippen LogP contribution is -2.49. The molecule has 0 saturated carbocycles. The molecule has 4 N–H and O–H groups in total. The molecule has 2 aromatic heterocycles. The number of nitrogens with two attached hydrogens (primary N) is 1. The van der Waals surface area contributed by atoms with Gasteiger partial charge in [-0.15, -0.1) is 0 Å². The molecular formula is C18H20N6O2. The topological polar surface area (TPSA) is 115 Å². The number of pyridine rings is 1. The SMILES string of the molecule is CC1=CCCCC12NC(=O)c1c(C)cc(Nc3cc(N)ncn3)c(=O)n12. The Balaban J connectivity index is 1.90. The number of fused-ring (bicyclic) bond motifs is 2. The van der Waals surface area contributed by atoms with Gasteiger partial charge in [-0.25, -0.2) is 9.97 Å². The van der Waals surface area contributed by atoms with Crippen molar-refractivity contribution in [3.63, 3.8) is 0 Å². The first-order valence-corrected chi connectivity index (χ1v) is 8.54. The second-order valence-corrected chi connectivity index (χ2v) is 6.78. The molecule has 4 rings (SSSR count). The summed E-state index contributed by atoms with van der Waals surface area (Å²) in [7, 11) is 0. The smallest absolute Gasteiger partial charge is 0.277 e. The quantitative estimate of drug-likeness (QED) is 0.710.